The molecule has 2 aromatic heterocycles. The molecule has 2 heterocycles. The fourth-order valence-corrected chi connectivity index (χ4v) is 3.41. The third-order valence-corrected chi connectivity index (χ3v) is 4.66. The smallest absolute Gasteiger partial charge is 0.252 e. The highest BCUT2D eigenvalue weighted by molar-refractivity contribution is 7.08. The number of aliphatic hydroxyl groups excluding tert-OH is 1. The lowest BCUT2D eigenvalue weighted by atomic mass is 10.0. The van der Waals surface area contributed by atoms with Gasteiger partial charge in [-0.2, -0.15) is 11.3 Å². The number of para-hydroxylation sites is 1. The fourth-order valence-electron chi connectivity index (χ4n) is 2.58. The quantitative estimate of drug-likeness (QED) is 0.678. The monoisotopic (exact) mass is 314 g/mol. The van der Waals surface area contributed by atoms with Crippen molar-refractivity contribution in [3.8, 4) is 0 Å². The van der Waals surface area contributed by atoms with Crippen LogP contribution in [0.1, 0.15) is 21.5 Å². The molecule has 0 saturated carbocycles. The van der Waals surface area contributed by atoms with Crippen molar-refractivity contribution in [1.29, 1.82) is 0 Å². The second kappa shape index (κ2) is 6.34. The molecule has 3 rings (SSSR count). The molecule has 0 aliphatic heterocycles. The molecule has 1 atom stereocenters. The van der Waals surface area contributed by atoms with E-state index in [1.165, 1.54) is 11.3 Å². The predicted octanol–water partition coefficient (Wildman–Crippen LogP) is 2.87. The number of aryl methyl sites for hydroxylation is 1. The Labute approximate surface area is 132 Å². The van der Waals surface area contributed by atoms with Crippen LogP contribution >= 0.6 is 11.3 Å². The van der Waals surface area contributed by atoms with Crippen LogP contribution in [0.4, 0.5) is 0 Å². The number of aliphatic hydroxyl groups is 1. The Hall–Kier alpha value is -2.11. The van der Waals surface area contributed by atoms with Crippen LogP contribution in [0, 0.1) is 6.92 Å². The average molecular weight is 314 g/mol. The SMILES string of the molecule is Cc1cscc1C(=O)NC(CO)Cc1c[nH]c2ccccc12. The number of amides is 1. The first-order valence-electron chi connectivity index (χ1n) is 7.18. The number of aromatic nitrogens is 1. The van der Waals surface area contributed by atoms with Crippen LogP contribution in [0.25, 0.3) is 10.9 Å². The van der Waals surface area contributed by atoms with Gasteiger partial charge in [-0.1, -0.05) is 18.2 Å². The van der Waals surface area contributed by atoms with E-state index in [0.717, 1.165) is 22.0 Å². The zero-order valence-electron chi connectivity index (χ0n) is 12.3. The first-order chi connectivity index (χ1) is 10.7. The minimum absolute atomic E-state index is 0.0889. The van der Waals surface area contributed by atoms with Gasteiger partial charge in [0.25, 0.3) is 5.91 Å². The van der Waals surface area contributed by atoms with Gasteiger partial charge in [-0.25, -0.2) is 0 Å². The lowest BCUT2D eigenvalue weighted by Gasteiger charge is -2.16. The molecule has 1 aromatic carbocycles. The number of H-pyrrole nitrogens is 1. The van der Waals surface area contributed by atoms with E-state index in [4.69, 9.17) is 0 Å². The number of thiophene rings is 1. The Morgan fingerprint density at radius 2 is 2.18 bits per heavy atom. The van der Waals surface area contributed by atoms with Gasteiger partial charge >= 0.3 is 0 Å². The number of nitrogens with one attached hydrogen (secondary N) is 2. The summed E-state index contributed by atoms with van der Waals surface area (Å²) in [5, 5.41) is 17.4. The van der Waals surface area contributed by atoms with E-state index in [-0.39, 0.29) is 18.6 Å². The highest BCUT2D eigenvalue weighted by Gasteiger charge is 2.17. The van der Waals surface area contributed by atoms with E-state index in [2.05, 4.69) is 10.3 Å². The van der Waals surface area contributed by atoms with Gasteiger partial charge in [0.15, 0.2) is 0 Å². The first kappa shape index (κ1) is 14.8. The molecule has 0 aliphatic rings. The normalized spacial score (nSPS) is 12.5. The van der Waals surface area contributed by atoms with Gasteiger partial charge in [-0.15, -0.1) is 0 Å². The largest absolute Gasteiger partial charge is 0.394 e. The molecule has 0 fully saturated rings. The summed E-state index contributed by atoms with van der Waals surface area (Å²) in [4.78, 5) is 15.5. The number of aromatic amines is 1. The Bertz CT molecular complexity index is 791. The van der Waals surface area contributed by atoms with Crippen LogP contribution in [-0.2, 0) is 6.42 Å². The molecule has 3 aromatic rings. The zero-order valence-corrected chi connectivity index (χ0v) is 13.1. The number of fused-ring (bicyclic) bond motifs is 1. The standard InChI is InChI=1S/C17H18N2O2S/c1-11-9-22-10-15(11)17(21)19-13(8-20)6-12-7-18-16-5-3-2-4-14(12)16/h2-5,7,9-10,13,18,20H,6,8H2,1H3,(H,19,21). The van der Waals surface area contributed by atoms with Gasteiger partial charge < -0.3 is 15.4 Å². The molecule has 1 amide bonds. The maximum atomic E-state index is 12.3. The second-order valence-electron chi connectivity index (χ2n) is 5.39. The van der Waals surface area contributed by atoms with Crippen molar-refractivity contribution in [3.63, 3.8) is 0 Å². The molecule has 0 spiro atoms. The van der Waals surface area contributed by atoms with Crippen molar-refractivity contribution < 1.29 is 9.90 Å². The zero-order chi connectivity index (χ0) is 15.5. The Morgan fingerprint density at radius 3 is 2.91 bits per heavy atom. The first-order valence-corrected chi connectivity index (χ1v) is 8.13. The number of benzene rings is 1. The molecule has 0 saturated heterocycles. The van der Waals surface area contributed by atoms with E-state index in [9.17, 15) is 9.90 Å². The molecule has 22 heavy (non-hydrogen) atoms. The third kappa shape index (κ3) is 2.91. The summed E-state index contributed by atoms with van der Waals surface area (Å²) in [6, 6.07) is 7.72. The van der Waals surface area contributed by atoms with Crippen molar-refractivity contribution in [2.24, 2.45) is 0 Å². The van der Waals surface area contributed by atoms with E-state index in [1.54, 1.807) is 0 Å². The van der Waals surface area contributed by atoms with Crippen molar-refractivity contribution in [1.82, 2.24) is 10.3 Å². The summed E-state index contributed by atoms with van der Waals surface area (Å²) in [5.41, 5.74) is 3.81. The van der Waals surface area contributed by atoms with Crippen LogP contribution in [0.3, 0.4) is 0 Å². The number of rotatable bonds is 5. The van der Waals surface area contributed by atoms with Crippen LogP contribution < -0.4 is 5.32 Å². The minimum atomic E-state index is -0.300. The van der Waals surface area contributed by atoms with Gasteiger partial charge in [-0.3, -0.25) is 4.79 Å². The molecule has 0 bridgehead atoms. The number of hydrogen-bond donors (Lipinski definition) is 3. The fraction of sp³-hybridized carbons (Fsp3) is 0.235. The summed E-state index contributed by atoms with van der Waals surface area (Å²) < 4.78 is 0. The van der Waals surface area contributed by atoms with Gasteiger partial charge in [0, 0.05) is 22.5 Å². The van der Waals surface area contributed by atoms with E-state index in [1.807, 2.05) is 48.1 Å². The van der Waals surface area contributed by atoms with E-state index in [0.29, 0.717) is 12.0 Å². The molecule has 5 heteroatoms. The second-order valence-corrected chi connectivity index (χ2v) is 6.13. The van der Waals surface area contributed by atoms with Crippen LogP contribution in [0.5, 0.6) is 0 Å². The number of hydrogen-bond acceptors (Lipinski definition) is 3. The van der Waals surface area contributed by atoms with Gasteiger partial charge in [-0.05, 0) is 35.9 Å². The predicted molar refractivity (Wildman–Crippen MR) is 89.4 cm³/mol. The van der Waals surface area contributed by atoms with Gasteiger partial charge in [0.05, 0.1) is 18.2 Å². The average Bonchev–Trinajstić information content (AvgIpc) is 3.13. The Morgan fingerprint density at radius 1 is 1.36 bits per heavy atom. The summed E-state index contributed by atoms with van der Waals surface area (Å²) in [7, 11) is 0. The molecule has 0 aliphatic carbocycles. The van der Waals surface area contributed by atoms with Gasteiger partial charge in [0.2, 0.25) is 0 Å². The molecule has 1 unspecified atom stereocenters. The number of carbonyl (C=O) groups excluding carboxylic acids is 1. The van der Waals surface area contributed by atoms with Crippen LogP contribution in [0.2, 0.25) is 0 Å². The van der Waals surface area contributed by atoms with E-state index < -0.39 is 0 Å². The minimum Gasteiger partial charge on any atom is -0.394 e. The van der Waals surface area contributed by atoms with Crippen molar-refractivity contribution in [2.45, 2.75) is 19.4 Å². The summed E-state index contributed by atoms with van der Waals surface area (Å²) >= 11 is 1.51. The Balaban J connectivity index is 1.75. The van der Waals surface area contributed by atoms with Crippen molar-refractivity contribution in [3.05, 3.63) is 57.9 Å². The highest BCUT2D eigenvalue weighted by atomic mass is 32.1. The summed E-state index contributed by atoms with van der Waals surface area (Å²) in [6.45, 7) is 1.83. The highest BCUT2D eigenvalue weighted by Crippen LogP contribution is 2.19. The van der Waals surface area contributed by atoms with Crippen molar-refractivity contribution in [2.75, 3.05) is 6.61 Å². The summed E-state index contributed by atoms with van der Waals surface area (Å²) in [6.07, 6.45) is 2.53. The lowest BCUT2D eigenvalue weighted by molar-refractivity contribution is 0.0916. The summed E-state index contributed by atoms with van der Waals surface area (Å²) in [5.74, 6) is -0.127. The van der Waals surface area contributed by atoms with Crippen LogP contribution in [-0.4, -0.2) is 28.6 Å². The van der Waals surface area contributed by atoms with Crippen molar-refractivity contribution >= 4 is 28.1 Å². The molecule has 3 N–H and O–H groups in total. The molecule has 114 valence electrons. The Kier molecular flexibility index (Phi) is 4.27. The molecule has 4 nitrogen and oxygen atoms in total. The molecular formula is C17H18N2O2S. The molecular weight excluding hydrogens is 296 g/mol. The maximum Gasteiger partial charge on any atom is 0.252 e. The topological polar surface area (TPSA) is 65.1 Å². The van der Waals surface area contributed by atoms with E-state index >= 15 is 0 Å². The van der Waals surface area contributed by atoms with Crippen LogP contribution in [0.15, 0.2) is 41.2 Å². The van der Waals surface area contributed by atoms with Gasteiger partial charge in [0.1, 0.15) is 0 Å². The molecule has 0 radical (unpaired) electrons. The third-order valence-electron chi connectivity index (χ3n) is 3.80. The number of carbonyl (C=O) groups is 1. The maximum absolute atomic E-state index is 12.3. The lowest BCUT2D eigenvalue weighted by Crippen LogP contribution is -2.39.